The van der Waals surface area contributed by atoms with Gasteiger partial charge in [0.05, 0.1) is 6.26 Å². The summed E-state index contributed by atoms with van der Waals surface area (Å²) >= 11 is 0. The molecule has 0 saturated carbocycles. The third kappa shape index (κ3) is 2.40. The number of hydrogen-bond donors (Lipinski definition) is 2. The lowest BCUT2D eigenvalue weighted by atomic mass is 10.2. The number of benzene rings is 1. The van der Waals surface area contributed by atoms with Crippen LogP contribution in [0.15, 0.2) is 59.5 Å². The van der Waals surface area contributed by atoms with E-state index in [-0.39, 0.29) is 11.7 Å². The van der Waals surface area contributed by atoms with Crippen molar-refractivity contribution in [2.45, 2.75) is 0 Å². The molecule has 94 valence electrons. The number of carbonyl (C=O) groups excluding carboxylic acids is 1. The van der Waals surface area contributed by atoms with Crippen LogP contribution in [0.3, 0.4) is 0 Å². The van der Waals surface area contributed by atoms with Crippen molar-refractivity contribution in [2.24, 2.45) is 0 Å². The van der Waals surface area contributed by atoms with Gasteiger partial charge in [0.25, 0.3) is 5.91 Å². The molecule has 1 aromatic carbocycles. The molecule has 0 fully saturated rings. The molecule has 0 aliphatic carbocycles. The Morgan fingerprint density at radius 1 is 1.26 bits per heavy atom. The van der Waals surface area contributed by atoms with Gasteiger partial charge >= 0.3 is 0 Å². The molecular formula is C14H11N3O2. The first-order valence-electron chi connectivity index (χ1n) is 5.77. The quantitative estimate of drug-likeness (QED) is 0.753. The zero-order valence-corrected chi connectivity index (χ0v) is 9.96. The molecule has 5 nitrogen and oxygen atoms in total. The molecule has 3 rings (SSSR count). The molecule has 19 heavy (non-hydrogen) atoms. The van der Waals surface area contributed by atoms with Crippen LogP contribution >= 0.6 is 0 Å². The lowest BCUT2D eigenvalue weighted by Crippen LogP contribution is -2.10. The lowest BCUT2D eigenvalue weighted by molar-refractivity contribution is 0.0996. The Balaban J connectivity index is 1.82. The van der Waals surface area contributed by atoms with Crippen molar-refractivity contribution < 1.29 is 9.21 Å². The van der Waals surface area contributed by atoms with Gasteiger partial charge in [0.15, 0.2) is 5.76 Å². The minimum absolute atomic E-state index is 0.276. The molecule has 0 saturated heterocycles. The Morgan fingerprint density at radius 3 is 2.95 bits per heavy atom. The van der Waals surface area contributed by atoms with E-state index in [1.165, 1.54) is 6.26 Å². The van der Waals surface area contributed by atoms with Crippen LogP contribution in [0.5, 0.6) is 0 Å². The largest absolute Gasteiger partial charge is 0.459 e. The van der Waals surface area contributed by atoms with Crippen molar-refractivity contribution in [1.29, 1.82) is 0 Å². The van der Waals surface area contributed by atoms with E-state index in [4.69, 9.17) is 4.42 Å². The maximum Gasteiger partial charge on any atom is 0.291 e. The Morgan fingerprint density at radius 2 is 2.21 bits per heavy atom. The topological polar surface area (TPSA) is 70.9 Å². The molecule has 0 spiro atoms. The highest BCUT2D eigenvalue weighted by Gasteiger charge is 2.09. The zero-order valence-electron chi connectivity index (χ0n) is 9.96. The number of aromatic nitrogens is 2. The normalized spacial score (nSPS) is 10.3. The van der Waals surface area contributed by atoms with Gasteiger partial charge in [0.1, 0.15) is 5.82 Å². The summed E-state index contributed by atoms with van der Waals surface area (Å²) in [4.78, 5) is 19.0. The number of nitrogens with one attached hydrogen (secondary N) is 2. The molecule has 0 unspecified atom stereocenters. The molecule has 0 aliphatic rings. The van der Waals surface area contributed by atoms with E-state index in [2.05, 4.69) is 15.3 Å². The smallest absolute Gasteiger partial charge is 0.291 e. The first-order chi connectivity index (χ1) is 9.33. The molecule has 0 bridgehead atoms. The molecule has 2 heterocycles. The van der Waals surface area contributed by atoms with E-state index in [1.807, 2.05) is 24.3 Å². The number of H-pyrrole nitrogens is 1. The molecule has 2 aromatic heterocycles. The maximum absolute atomic E-state index is 11.8. The van der Waals surface area contributed by atoms with E-state index in [0.717, 1.165) is 11.4 Å². The maximum atomic E-state index is 11.8. The van der Waals surface area contributed by atoms with Gasteiger partial charge in [-0.15, -0.1) is 0 Å². The number of carbonyl (C=O) groups is 1. The van der Waals surface area contributed by atoms with E-state index in [0.29, 0.717) is 5.69 Å². The van der Waals surface area contributed by atoms with Crippen LogP contribution in [-0.4, -0.2) is 15.9 Å². The van der Waals surface area contributed by atoms with E-state index < -0.39 is 0 Å². The van der Waals surface area contributed by atoms with Crippen molar-refractivity contribution in [1.82, 2.24) is 9.97 Å². The monoisotopic (exact) mass is 253 g/mol. The van der Waals surface area contributed by atoms with Gasteiger partial charge in [0, 0.05) is 23.6 Å². The first-order valence-corrected chi connectivity index (χ1v) is 5.77. The zero-order chi connectivity index (χ0) is 13.1. The van der Waals surface area contributed by atoms with Gasteiger partial charge in [-0.05, 0) is 24.3 Å². The highest BCUT2D eigenvalue weighted by atomic mass is 16.3. The fraction of sp³-hybridized carbons (Fsp3) is 0. The van der Waals surface area contributed by atoms with Crippen molar-refractivity contribution in [3.8, 4) is 11.4 Å². The van der Waals surface area contributed by atoms with Crippen LogP contribution < -0.4 is 5.32 Å². The van der Waals surface area contributed by atoms with E-state index in [1.54, 1.807) is 24.5 Å². The summed E-state index contributed by atoms with van der Waals surface area (Å²) in [6.45, 7) is 0. The van der Waals surface area contributed by atoms with Crippen LogP contribution in [0.4, 0.5) is 5.69 Å². The Kier molecular flexibility index (Phi) is 2.86. The lowest BCUT2D eigenvalue weighted by Gasteiger charge is -2.04. The number of hydrogen-bond acceptors (Lipinski definition) is 3. The summed E-state index contributed by atoms with van der Waals surface area (Å²) in [7, 11) is 0. The number of furan rings is 1. The summed E-state index contributed by atoms with van der Waals surface area (Å²) in [6.07, 6.45) is 4.90. The molecule has 0 aliphatic heterocycles. The summed E-state index contributed by atoms with van der Waals surface area (Å²) < 4.78 is 5.04. The summed E-state index contributed by atoms with van der Waals surface area (Å²) in [5, 5.41) is 2.77. The van der Waals surface area contributed by atoms with Crippen molar-refractivity contribution in [3.63, 3.8) is 0 Å². The number of amides is 1. The third-order valence-electron chi connectivity index (χ3n) is 2.64. The molecule has 1 amide bonds. The van der Waals surface area contributed by atoms with Crippen LogP contribution in [0, 0.1) is 0 Å². The van der Waals surface area contributed by atoms with Gasteiger partial charge in [-0.3, -0.25) is 4.79 Å². The van der Waals surface area contributed by atoms with Crippen molar-refractivity contribution >= 4 is 11.6 Å². The Bertz CT molecular complexity index is 673. The average Bonchev–Trinajstić information content (AvgIpc) is 3.13. The summed E-state index contributed by atoms with van der Waals surface area (Å²) in [6, 6.07) is 10.7. The van der Waals surface area contributed by atoms with E-state index in [9.17, 15) is 4.79 Å². The molecule has 3 aromatic rings. The minimum Gasteiger partial charge on any atom is -0.459 e. The fourth-order valence-electron chi connectivity index (χ4n) is 1.77. The minimum atomic E-state index is -0.276. The summed E-state index contributed by atoms with van der Waals surface area (Å²) in [5.41, 5.74) is 1.59. The van der Waals surface area contributed by atoms with Crippen LogP contribution in [-0.2, 0) is 0 Å². The SMILES string of the molecule is O=C(Nc1cccc(-c2ncc[nH]2)c1)c1ccco1. The third-order valence-corrected chi connectivity index (χ3v) is 2.64. The Labute approximate surface area is 109 Å². The second-order valence-corrected chi connectivity index (χ2v) is 3.95. The van der Waals surface area contributed by atoms with Gasteiger partial charge in [-0.2, -0.15) is 0 Å². The van der Waals surface area contributed by atoms with Gasteiger partial charge < -0.3 is 14.7 Å². The fourth-order valence-corrected chi connectivity index (χ4v) is 1.77. The number of aromatic amines is 1. The first kappa shape index (κ1) is 11.3. The van der Waals surface area contributed by atoms with E-state index >= 15 is 0 Å². The predicted molar refractivity (Wildman–Crippen MR) is 70.7 cm³/mol. The van der Waals surface area contributed by atoms with Crippen LogP contribution in [0.1, 0.15) is 10.6 Å². The standard InChI is InChI=1S/C14H11N3O2/c18-14(12-5-2-8-19-12)17-11-4-1-3-10(9-11)13-15-6-7-16-13/h1-9H,(H,15,16)(H,17,18). The summed E-state index contributed by atoms with van der Waals surface area (Å²) in [5.74, 6) is 0.763. The molecule has 5 heteroatoms. The molecule has 0 atom stereocenters. The average molecular weight is 253 g/mol. The highest BCUT2D eigenvalue weighted by Crippen LogP contribution is 2.19. The number of imidazole rings is 1. The molecule has 2 N–H and O–H groups in total. The van der Waals surface area contributed by atoms with Crippen molar-refractivity contribution in [2.75, 3.05) is 5.32 Å². The predicted octanol–water partition coefficient (Wildman–Crippen LogP) is 2.92. The number of nitrogens with zero attached hydrogens (tertiary/aromatic N) is 1. The Hall–Kier alpha value is -2.82. The van der Waals surface area contributed by atoms with Gasteiger partial charge in [0.2, 0.25) is 0 Å². The van der Waals surface area contributed by atoms with Gasteiger partial charge in [-0.1, -0.05) is 12.1 Å². The highest BCUT2D eigenvalue weighted by molar-refractivity contribution is 6.02. The number of anilines is 1. The second-order valence-electron chi connectivity index (χ2n) is 3.95. The second kappa shape index (κ2) is 4.81. The molecule has 0 radical (unpaired) electrons. The molecular weight excluding hydrogens is 242 g/mol. The van der Waals surface area contributed by atoms with Crippen LogP contribution in [0.25, 0.3) is 11.4 Å². The number of rotatable bonds is 3. The van der Waals surface area contributed by atoms with Crippen LogP contribution in [0.2, 0.25) is 0 Å². The van der Waals surface area contributed by atoms with Crippen molar-refractivity contribution in [3.05, 3.63) is 60.8 Å². The van der Waals surface area contributed by atoms with Gasteiger partial charge in [-0.25, -0.2) is 4.98 Å².